The average Bonchev–Trinajstić information content (AvgIpc) is 3.13. The number of hydrogen-bond donors (Lipinski definition) is 1. The predicted octanol–water partition coefficient (Wildman–Crippen LogP) is 3.37. The molecule has 0 amide bonds. The number of rotatable bonds is 4. The van der Waals surface area contributed by atoms with Crippen molar-refractivity contribution >= 4 is 5.69 Å². The van der Waals surface area contributed by atoms with Gasteiger partial charge in [0.15, 0.2) is 0 Å². The third-order valence-corrected chi connectivity index (χ3v) is 3.57. The van der Waals surface area contributed by atoms with Gasteiger partial charge in [0.1, 0.15) is 18.0 Å². The molecule has 1 aromatic heterocycles. The van der Waals surface area contributed by atoms with Crippen LogP contribution in [0.2, 0.25) is 0 Å². The van der Waals surface area contributed by atoms with Gasteiger partial charge in [-0.3, -0.25) is 0 Å². The van der Waals surface area contributed by atoms with Crippen molar-refractivity contribution in [2.75, 3.05) is 5.32 Å². The molecule has 0 bridgehead atoms. The second kappa shape index (κ2) is 6.64. The SMILES string of the molecule is N#Cc1cccc(C#N)c1NCc1ccc(-n2ccnc2)c(F)c1. The highest BCUT2D eigenvalue weighted by atomic mass is 19.1. The van der Waals surface area contributed by atoms with E-state index < -0.39 is 0 Å². The first-order chi connectivity index (χ1) is 11.7. The molecule has 0 radical (unpaired) electrons. The number of hydrogen-bond acceptors (Lipinski definition) is 4. The van der Waals surface area contributed by atoms with E-state index in [-0.39, 0.29) is 5.82 Å². The molecule has 0 aliphatic carbocycles. The standard InChI is InChI=1S/C18H12FN5/c19-16-8-13(4-5-17(16)24-7-6-22-12-24)11-23-18-14(9-20)2-1-3-15(18)10-21/h1-8,12,23H,11H2. The molecule has 0 spiro atoms. The molecule has 24 heavy (non-hydrogen) atoms. The summed E-state index contributed by atoms with van der Waals surface area (Å²) in [5, 5.41) is 21.4. The summed E-state index contributed by atoms with van der Waals surface area (Å²) in [6.45, 7) is 0.300. The van der Waals surface area contributed by atoms with Crippen LogP contribution < -0.4 is 5.32 Å². The normalized spacial score (nSPS) is 9.96. The van der Waals surface area contributed by atoms with Crippen molar-refractivity contribution in [1.82, 2.24) is 9.55 Å². The molecule has 116 valence electrons. The molecule has 0 saturated carbocycles. The highest BCUT2D eigenvalue weighted by molar-refractivity contribution is 5.66. The minimum absolute atomic E-state index is 0.300. The minimum Gasteiger partial charge on any atom is -0.379 e. The Labute approximate surface area is 138 Å². The first-order valence-electron chi connectivity index (χ1n) is 7.17. The van der Waals surface area contributed by atoms with E-state index in [1.54, 1.807) is 47.3 Å². The van der Waals surface area contributed by atoms with Crippen LogP contribution in [-0.2, 0) is 6.54 Å². The Hall–Kier alpha value is -3.64. The van der Waals surface area contributed by atoms with Gasteiger partial charge in [-0.1, -0.05) is 12.1 Å². The molecule has 0 aliphatic rings. The van der Waals surface area contributed by atoms with Gasteiger partial charge in [-0.2, -0.15) is 10.5 Å². The monoisotopic (exact) mass is 317 g/mol. The van der Waals surface area contributed by atoms with E-state index in [1.807, 2.05) is 12.1 Å². The van der Waals surface area contributed by atoms with Crippen LogP contribution in [0.5, 0.6) is 0 Å². The van der Waals surface area contributed by atoms with Crippen molar-refractivity contribution in [2.45, 2.75) is 6.54 Å². The number of nitrogens with zero attached hydrogens (tertiary/aromatic N) is 4. The lowest BCUT2D eigenvalue weighted by atomic mass is 10.1. The smallest absolute Gasteiger partial charge is 0.147 e. The quantitative estimate of drug-likeness (QED) is 0.800. The number of nitrogens with one attached hydrogen (secondary N) is 1. The summed E-state index contributed by atoms with van der Waals surface area (Å²) < 4.78 is 15.8. The summed E-state index contributed by atoms with van der Waals surface area (Å²) in [5.41, 5.74) is 2.33. The third-order valence-electron chi connectivity index (χ3n) is 3.57. The molecule has 6 heteroatoms. The van der Waals surface area contributed by atoms with Crippen molar-refractivity contribution in [1.29, 1.82) is 10.5 Å². The summed E-state index contributed by atoms with van der Waals surface area (Å²) in [6, 6.07) is 13.9. The minimum atomic E-state index is -0.374. The van der Waals surface area contributed by atoms with E-state index in [4.69, 9.17) is 10.5 Å². The number of aromatic nitrogens is 2. The average molecular weight is 317 g/mol. The van der Waals surface area contributed by atoms with E-state index in [1.165, 1.54) is 12.4 Å². The largest absolute Gasteiger partial charge is 0.379 e. The second-order valence-electron chi connectivity index (χ2n) is 5.06. The van der Waals surface area contributed by atoms with E-state index in [9.17, 15) is 4.39 Å². The Morgan fingerprint density at radius 1 is 1.12 bits per heavy atom. The van der Waals surface area contributed by atoms with Crippen LogP contribution in [0.15, 0.2) is 55.1 Å². The molecule has 3 rings (SSSR count). The molecule has 0 aliphatic heterocycles. The van der Waals surface area contributed by atoms with Crippen molar-refractivity contribution in [3.63, 3.8) is 0 Å². The summed E-state index contributed by atoms with van der Waals surface area (Å²) in [5.74, 6) is -0.374. The Morgan fingerprint density at radius 2 is 1.88 bits per heavy atom. The fourth-order valence-electron chi connectivity index (χ4n) is 2.39. The highest BCUT2D eigenvalue weighted by Gasteiger charge is 2.09. The molecule has 0 atom stereocenters. The van der Waals surface area contributed by atoms with Crippen molar-refractivity contribution in [3.8, 4) is 17.8 Å². The van der Waals surface area contributed by atoms with Gasteiger partial charge in [-0.25, -0.2) is 9.37 Å². The van der Waals surface area contributed by atoms with Crippen LogP contribution in [-0.4, -0.2) is 9.55 Å². The molecule has 0 saturated heterocycles. The zero-order chi connectivity index (χ0) is 16.9. The second-order valence-corrected chi connectivity index (χ2v) is 5.06. The number of imidazole rings is 1. The maximum atomic E-state index is 14.2. The summed E-state index contributed by atoms with van der Waals surface area (Å²) >= 11 is 0. The van der Waals surface area contributed by atoms with E-state index in [0.29, 0.717) is 34.6 Å². The van der Waals surface area contributed by atoms with Crippen LogP contribution in [0.25, 0.3) is 5.69 Å². The van der Waals surface area contributed by atoms with Crippen LogP contribution in [0, 0.1) is 28.5 Å². The lowest BCUT2D eigenvalue weighted by Crippen LogP contribution is -2.05. The fraction of sp³-hybridized carbons (Fsp3) is 0.0556. The predicted molar refractivity (Wildman–Crippen MR) is 86.7 cm³/mol. The van der Waals surface area contributed by atoms with Crippen LogP contribution in [0.1, 0.15) is 16.7 Å². The number of para-hydroxylation sites is 1. The first kappa shape index (κ1) is 15.3. The van der Waals surface area contributed by atoms with E-state index >= 15 is 0 Å². The molecule has 0 fully saturated rings. The Bertz CT molecular complexity index is 916. The highest BCUT2D eigenvalue weighted by Crippen LogP contribution is 2.22. The lowest BCUT2D eigenvalue weighted by Gasteiger charge is -2.11. The molecule has 0 unspecified atom stereocenters. The van der Waals surface area contributed by atoms with Gasteiger partial charge < -0.3 is 9.88 Å². The van der Waals surface area contributed by atoms with Gasteiger partial charge in [0, 0.05) is 18.9 Å². The van der Waals surface area contributed by atoms with Gasteiger partial charge in [-0.05, 0) is 29.8 Å². The van der Waals surface area contributed by atoms with Gasteiger partial charge in [0.05, 0.1) is 28.8 Å². The van der Waals surface area contributed by atoms with Crippen molar-refractivity contribution < 1.29 is 4.39 Å². The number of anilines is 1. The lowest BCUT2D eigenvalue weighted by molar-refractivity contribution is 0.616. The molecule has 1 heterocycles. The van der Waals surface area contributed by atoms with Gasteiger partial charge in [-0.15, -0.1) is 0 Å². The van der Waals surface area contributed by atoms with Gasteiger partial charge in [0.25, 0.3) is 0 Å². The number of benzene rings is 2. The molecule has 2 aromatic carbocycles. The van der Waals surface area contributed by atoms with Crippen LogP contribution in [0.4, 0.5) is 10.1 Å². The molecular weight excluding hydrogens is 305 g/mol. The van der Waals surface area contributed by atoms with Crippen LogP contribution in [0.3, 0.4) is 0 Å². The maximum Gasteiger partial charge on any atom is 0.147 e. The van der Waals surface area contributed by atoms with Crippen molar-refractivity contribution in [2.24, 2.45) is 0 Å². The Kier molecular flexibility index (Phi) is 4.22. The summed E-state index contributed by atoms with van der Waals surface area (Å²) in [4.78, 5) is 3.90. The zero-order valence-corrected chi connectivity index (χ0v) is 12.6. The zero-order valence-electron chi connectivity index (χ0n) is 12.6. The maximum absolute atomic E-state index is 14.2. The topological polar surface area (TPSA) is 77.4 Å². The number of halogens is 1. The molecular formula is C18H12FN5. The Balaban J connectivity index is 1.83. The number of nitriles is 2. The molecule has 3 aromatic rings. The fourth-order valence-corrected chi connectivity index (χ4v) is 2.39. The van der Waals surface area contributed by atoms with Gasteiger partial charge >= 0.3 is 0 Å². The summed E-state index contributed by atoms with van der Waals surface area (Å²) in [7, 11) is 0. The molecule has 1 N–H and O–H groups in total. The van der Waals surface area contributed by atoms with E-state index in [0.717, 1.165) is 0 Å². The Morgan fingerprint density at radius 3 is 2.46 bits per heavy atom. The van der Waals surface area contributed by atoms with Crippen molar-refractivity contribution in [3.05, 3.63) is 77.6 Å². The van der Waals surface area contributed by atoms with E-state index in [2.05, 4.69) is 10.3 Å². The molecule has 5 nitrogen and oxygen atoms in total. The third kappa shape index (κ3) is 2.94. The van der Waals surface area contributed by atoms with Gasteiger partial charge in [0.2, 0.25) is 0 Å². The summed E-state index contributed by atoms with van der Waals surface area (Å²) in [6.07, 6.45) is 4.77. The van der Waals surface area contributed by atoms with Crippen LogP contribution >= 0.6 is 0 Å². The first-order valence-corrected chi connectivity index (χ1v) is 7.17.